The molecule has 2 rings (SSSR count). The monoisotopic (exact) mass is 358 g/mol. The van der Waals surface area contributed by atoms with Crippen molar-refractivity contribution in [2.75, 3.05) is 0 Å². The molecule has 0 unspecified atom stereocenters. The van der Waals surface area contributed by atoms with E-state index in [0.29, 0.717) is 16.8 Å². The van der Waals surface area contributed by atoms with Crippen LogP contribution in [0.2, 0.25) is 0 Å². The van der Waals surface area contributed by atoms with Crippen LogP contribution in [0.4, 0.5) is 4.39 Å². The van der Waals surface area contributed by atoms with Gasteiger partial charge in [-0.1, -0.05) is 28.1 Å². The topological polar surface area (TPSA) is 9.23 Å². The minimum Gasteiger partial charge on any atom is -0.489 e. The molecule has 0 aliphatic carbocycles. The fraction of sp³-hybridized carbons (Fsp3) is 0.0769. The van der Waals surface area contributed by atoms with Crippen LogP contribution in [0, 0.1) is 5.82 Å². The van der Waals surface area contributed by atoms with Crippen LogP contribution >= 0.6 is 31.9 Å². The molecule has 0 atom stereocenters. The van der Waals surface area contributed by atoms with Crippen LogP contribution in [0.1, 0.15) is 5.56 Å². The zero-order chi connectivity index (χ0) is 12.3. The van der Waals surface area contributed by atoms with Gasteiger partial charge in [-0.15, -0.1) is 0 Å². The smallest absolute Gasteiger partial charge is 0.137 e. The van der Waals surface area contributed by atoms with Crippen molar-refractivity contribution in [2.24, 2.45) is 0 Å². The molecule has 0 bridgehead atoms. The van der Waals surface area contributed by atoms with Gasteiger partial charge in [-0.2, -0.15) is 0 Å². The molecule has 2 aromatic rings. The normalized spacial score (nSPS) is 10.3. The molecule has 0 saturated carbocycles. The average molecular weight is 360 g/mol. The van der Waals surface area contributed by atoms with E-state index in [2.05, 4.69) is 31.9 Å². The summed E-state index contributed by atoms with van der Waals surface area (Å²) >= 11 is 6.49. The maximum Gasteiger partial charge on any atom is 0.137 e. The molecular formula is C13H9Br2FO. The Morgan fingerprint density at radius 3 is 2.35 bits per heavy atom. The summed E-state index contributed by atoms with van der Waals surface area (Å²) in [5.41, 5.74) is 1.06. The second-order valence-corrected chi connectivity index (χ2v) is 5.26. The van der Waals surface area contributed by atoms with E-state index < -0.39 is 0 Å². The molecule has 1 nitrogen and oxygen atoms in total. The molecular weight excluding hydrogens is 351 g/mol. The van der Waals surface area contributed by atoms with Gasteiger partial charge in [-0.25, -0.2) is 4.39 Å². The van der Waals surface area contributed by atoms with Crippen molar-refractivity contribution in [1.29, 1.82) is 0 Å². The largest absolute Gasteiger partial charge is 0.489 e. The van der Waals surface area contributed by atoms with Crippen LogP contribution in [0.15, 0.2) is 51.4 Å². The van der Waals surface area contributed by atoms with Gasteiger partial charge in [-0.05, 0) is 51.8 Å². The first-order chi connectivity index (χ1) is 8.15. The van der Waals surface area contributed by atoms with E-state index in [4.69, 9.17) is 4.74 Å². The van der Waals surface area contributed by atoms with Crippen molar-refractivity contribution >= 4 is 31.9 Å². The highest BCUT2D eigenvalue weighted by Gasteiger charge is 2.01. The molecule has 17 heavy (non-hydrogen) atoms. The lowest BCUT2D eigenvalue weighted by Crippen LogP contribution is -1.95. The second-order valence-electron chi connectivity index (χ2n) is 3.49. The molecule has 0 aliphatic rings. The van der Waals surface area contributed by atoms with E-state index >= 15 is 0 Å². The zero-order valence-electron chi connectivity index (χ0n) is 8.79. The van der Waals surface area contributed by atoms with E-state index in [1.54, 1.807) is 12.1 Å². The molecule has 0 radical (unpaired) electrons. The summed E-state index contributed by atoms with van der Waals surface area (Å²) in [6.45, 7) is 0.464. The molecule has 2 aromatic carbocycles. The van der Waals surface area contributed by atoms with Gasteiger partial charge in [0.15, 0.2) is 0 Å². The molecule has 0 aliphatic heterocycles. The highest BCUT2D eigenvalue weighted by atomic mass is 79.9. The maximum absolute atomic E-state index is 13.0. The average Bonchev–Trinajstić information content (AvgIpc) is 2.33. The van der Waals surface area contributed by atoms with Gasteiger partial charge in [0.2, 0.25) is 0 Å². The van der Waals surface area contributed by atoms with E-state index in [1.165, 1.54) is 6.07 Å². The molecule has 0 aromatic heterocycles. The molecule has 0 saturated heterocycles. The number of halogens is 3. The Bertz CT molecular complexity index is 511. The lowest BCUT2D eigenvalue weighted by molar-refractivity contribution is 0.305. The standard InChI is InChI=1S/C13H9Br2FO/c14-10-3-1-9(2-4-10)8-17-11-5-6-13(16)12(15)7-11/h1-7H,8H2. The fourth-order valence-electron chi connectivity index (χ4n) is 1.31. The molecule has 0 N–H and O–H groups in total. The SMILES string of the molecule is Fc1ccc(OCc2ccc(Br)cc2)cc1Br. The molecule has 88 valence electrons. The van der Waals surface area contributed by atoms with Gasteiger partial charge in [0, 0.05) is 4.47 Å². The van der Waals surface area contributed by atoms with Crippen molar-refractivity contribution in [3.05, 3.63) is 62.8 Å². The van der Waals surface area contributed by atoms with Crippen LogP contribution in [-0.4, -0.2) is 0 Å². The molecule has 0 spiro atoms. The quantitative estimate of drug-likeness (QED) is 0.754. The van der Waals surface area contributed by atoms with E-state index in [1.807, 2.05) is 24.3 Å². The molecule has 0 fully saturated rings. The van der Waals surface area contributed by atoms with Gasteiger partial charge in [0.1, 0.15) is 18.2 Å². The number of rotatable bonds is 3. The van der Waals surface area contributed by atoms with Gasteiger partial charge >= 0.3 is 0 Å². The number of benzene rings is 2. The van der Waals surface area contributed by atoms with Crippen LogP contribution in [0.3, 0.4) is 0 Å². The maximum atomic E-state index is 13.0. The van der Waals surface area contributed by atoms with E-state index in [-0.39, 0.29) is 5.82 Å². The summed E-state index contributed by atoms with van der Waals surface area (Å²) in [5, 5.41) is 0. The van der Waals surface area contributed by atoms with E-state index in [0.717, 1.165) is 10.0 Å². The lowest BCUT2D eigenvalue weighted by Gasteiger charge is -2.07. The van der Waals surface area contributed by atoms with Gasteiger partial charge in [0.05, 0.1) is 4.47 Å². The van der Waals surface area contributed by atoms with Gasteiger partial charge in [0.25, 0.3) is 0 Å². The van der Waals surface area contributed by atoms with E-state index in [9.17, 15) is 4.39 Å². The van der Waals surface area contributed by atoms with Crippen molar-refractivity contribution in [2.45, 2.75) is 6.61 Å². The van der Waals surface area contributed by atoms with Crippen molar-refractivity contribution in [1.82, 2.24) is 0 Å². The van der Waals surface area contributed by atoms with Crippen LogP contribution in [0.25, 0.3) is 0 Å². The minimum atomic E-state index is -0.291. The number of hydrogen-bond acceptors (Lipinski definition) is 1. The third-order valence-electron chi connectivity index (χ3n) is 2.21. The summed E-state index contributed by atoms with van der Waals surface area (Å²) in [5.74, 6) is 0.349. The Morgan fingerprint density at radius 2 is 1.71 bits per heavy atom. The number of ether oxygens (including phenoxy) is 1. The Kier molecular flexibility index (Phi) is 4.18. The van der Waals surface area contributed by atoms with Gasteiger partial charge in [-0.3, -0.25) is 0 Å². The highest BCUT2D eigenvalue weighted by Crippen LogP contribution is 2.22. The third-order valence-corrected chi connectivity index (χ3v) is 3.35. The molecule has 0 amide bonds. The van der Waals surface area contributed by atoms with Crippen molar-refractivity contribution in [3.63, 3.8) is 0 Å². The second kappa shape index (κ2) is 5.65. The van der Waals surface area contributed by atoms with Crippen molar-refractivity contribution in [3.8, 4) is 5.75 Å². The predicted octanol–water partition coefficient (Wildman–Crippen LogP) is 4.93. The first kappa shape index (κ1) is 12.6. The molecule has 4 heteroatoms. The van der Waals surface area contributed by atoms with Crippen LogP contribution in [-0.2, 0) is 6.61 Å². The predicted molar refractivity (Wildman–Crippen MR) is 72.6 cm³/mol. The fourth-order valence-corrected chi connectivity index (χ4v) is 1.94. The lowest BCUT2D eigenvalue weighted by atomic mass is 10.2. The summed E-state index contributed by atoms with van der Waals surface area (Å²) in [4.78, 5) is 0. The molecule has 0 heterocycles. The Hall–Kier alpha value is -0.870. The Morgan fingerprint density at radius 1 is 1.00 bits per heavy atom. The van der Waals surface area contributed by atoms with Crippen LogP contribution < -0.4 is 4.74 Å². The summed E-state index contributed by atoms with van der Waals surface area (Å²) < 4.78 is 20.0. The summed E-state index contributed by atoms with van der Waals surface area (Å²) in [6.07, 6.45) is 0. The minimum absolute atomic E-state index is 0.291. The van der Waals surface area contributed by atoms with Crippen molar-refractivity contribution < 1.29 is 9.13 Å². The van der Waals surface area contributed by atoms with Crippen LogP contribution in [0.5, 0.6) is 5.75 Å². The first-order valence-corrected chi connectivity index (χ1v) is 6.56. The third kappa shape index (κ3) is 3.54. The zero-order valence-corrected chi connectivity index (χ0v) is 12.0. The highest BCUT2D eigenvalue weighted by molar-refractivity contribution is 9.10. The first-order valence-electron chi connectivity index (χ1n) is 4.97. The summed E-state index contributed by atoms with van der Waals surface area (Å²) in [6, 6.07) is 12.5. The Labute approximate surface area is 116 Å². The van der Waals surface area contributed by atoms with Gasteiger partial charge < -0.3 is 4.74 Å². The Balaban J connectivity index is 2.02. The summed E-state index contributed by atoms with van der Waals surface area (Å²) in [7, 11) is 0. The number of hydrogen-bond donors (Lipinski definition) is 0.